The topological polar surface area (TPSA) is 103 Å². The number of amides is 1. The van der Waals surface area contributed by atoms with Crippen molar-refractivity contribution in [1.82, 2.24) is 35.0 Å². The fourth-order valence-electron chi connectivity index (χ4n) is 3.05. The Morgan fingerprint density at radius 2 is 1.94 bits per heavy atom. The van der Waals surface area contributed by atoms with E-state index in [4.69, 9.17) is 0 Å². The van der Waals surface area contributed by atoms with Gasteiger partial charge in [0.2, 0.25) is 5.91 Å². The summed E-state index contributed by atoms with van der Waals surface area (Å²) >= 11 is 1.26. The third-order valence-corrected chi connectivity index (χ3v) is 5.71. The van der Waals surface area contributed by atoms with E-state index >= 15 is 0 Å². The predicted molar refractivity (Wildman–Crippen MR) is 119 cm³/mol. The number of aryl methyl sites for hydroxylation is 1. The van der Waals surface area contributed by atoms with Gasteiger partial charge in [-0.25, -0.2) is 4.39 Å². The largest absolute Gasteiger partial charge is 0.325 e. The number of thioether (sulfide) groups is 1. The number of tetrazole rings is 1. The Balaban J connectivity index is 1.42. The molecule has 1 N–H and O–H groups in total. The Morgan fingerprint density at radius 3 is 2.62 bits per heavy atom. The van der Waals surface area contributed by atoms with E-state index in [0.29, 0.717) is 22.6 Å². The molecule has 32 heavy (non-hydrogen) atoms. The second-order valence-corrected chi connectivity index (χ2v) is 8.31. The van der Waals surface area contributed by atoms with Crippen molar-refractivity contribution in [3.05, 3.63) is 66.0 Å². The Hall–Kier alpha value is -3.60. The molecule has 9 nitrogen and oxygen atoms in total. The lowest BCUT2D eigenvalue weighted by Gasteiger charge is -2.10. The van der Waals surface area contributed by atoms with E-state index < -0.39 is 5.82 Å². The summed E-state index contributed by atoms with van der Waals surface area (Å²) < 4.78 is 17.3. The van der Waals surface area contributed by atoms with Crippen molar-refractivity contribution in [1.29, 1.82) is 0 Å². The third kappa shape index (κ3) is 4.67. The Morgan fingerprint density at radius 1 is 1.16 bits per heavy atom. The van der Waals surface area contributed by atoms with Crippen LogP contribution in [-0.4, -0.2) is 46.6 Å². The number of carbonyl (C=O) groups is 1. The molecule has 0 aliphatic carbocycles. The van der Waals surface area contributed by atoms with Crippen LogP contribution in [0, 0.1) is 12.7 Å². The predicted octanol–water partition coefficient (Wildman–Crippen LogP) is 3.54. The number of anilines is 1. The molecule has 0 saturated carbocycles. The number of hydrogen-bond acceptors (Lipinski definition) is 7. The summed E-state index contributed by atoms with van der Waals surface area (Å²) in [6.45, 7) is 5.94. The molecule has 0 aliphatic heterocycles. The van der Waals surface area contributed by atoms with Gasteiger partial charge in [0.05, 0.1) is 5.75 Å². The lowest BCUT2D eigenvalue weighted by molar-refractivity contribution is -0.113. The average molecular weight is 453 g/mol. The molecule has 0 radical (unpaired) electrons. The van der Waals surface area contributed by atoms with Crippen LogP contribution in [0.2, 0.25) is 0 Å². The highest BCUT2D eigenvalue weighted by atomic mass is 32.2. The van der Waals surface area contributed by atoms with Crippen molar-refractivity contribution < 1.29 is 9.18 Å². The van der Waals surface area contributed by atoms with Gasteiger partial charge in [0.15, 0.2) is 11.0 Å². The number of carbonyl (C=O) groups excluding carboxylic acids is 1. The molecule has 0 unspecified atom stereocenters. The van der Waals surface area contributed by atoms with Crippen LogP contribution in [-0.2, 0) is 4.79 Å². The standard InChI is InChI=1S/C21H21FN8OS/c1-13(2)15-4-7-17(8-5-15)29-12-23-26-21(29)32-11-20(31)24-16-6-9-18(22)19(10-16)30-14(3)25-27-28-30/h4-10,12-13H,11H2,1-3H3,(H,24,31). The molecule has 0 spiro atoms. The van der Waals surface area contributed by atoms with E-state index in [1.165, 1.54) is 40.2 Å². The SMILES string of the molecule is Cc1nnnn1-c1cc(NC(=O)CSc2nncn2-c2ccc(C(C)C)cc2)ccc1F. The summed E-state index contributed by atoms with van der Waals surface area (Å²) in [6, 6.07) is 12.4. The number of nitrogens with zero attached hydrogens (tertiary/aromatic N) is 7. The van der Waals surface area contributed by atoms with Gasteiger partial charge in [-0.1, -0.05) is 37.7 Å². The maximum atomic E-state index is 14.2. The molecular weight excluding hydrogens is 431 g/mol. The molecule has 2 aromatic carbocycles. The molecule has 0 atom stereocenters. The second kappa shape index (κ2) is 9.27. The molecule has 2 heterocycles. The van der Waals surface area contributed by atoms with E-state index in [9.17, 15) is 9.18 Å². The fraction of sp³-hybridized carbons (Fsp3) is 0.238. The van der Waals surface area contributed by atoms with Crippen molar-refractivity contribution in [2.45, 2.75) is 31.8 Å². The second-order valence-electron chi connectivity index (χ2n) is 7.37. The lowest BCUT2D eigenvalue weighted by Crippen LogP contribution is -2.15. The summed E-state index contributed by atoms with van der Waals surface area (Å²) in [5.41, 5.74) is 2.75. The summed E-state index contributed by atoms with van der Waals surface area (Å²) in [6.07, 6.45) is 1.62. The van der Waals surface area contributed by atoms with E-state index in [-0.39, 0.29) is 17.3 Å². The zero-order valence-corrected chi connectivity index (χ0v) is 18.5. The molecule has 1 amide bonds. The van der Waals surface area contributed by atoms with Crippen LogP contribution < -0.4 is 5.32 Å². The molecular formula is C21H21FN8OS. The first-order valence-corrected chi connectivity index (χ1v) is 10.9. The third-order valence-electron chi connectivity index (χ3n) is 4.77. The van der Waals surface area contributed by atoms with E-state index in [1.54, 1.807) is 13.3 Å². The number of halogens is 1. The maximum Gasteiger partial charge on any atom is 0.234 e. The first kappa shape index (κ1) is 21.6. The van der Waals surface area contributed by atoms with Crippen LogP contribution in [0.4, 0.5) is 10.1 Å². The smallest absolute Gasteiger partial charge is 0.234 e. The molecule has 2 aromatic heterocycles. The van der Waals surface area contributed by atoms with Gasteiger partial charge in [-0.3, -0.25) is 9.36 Å². The molecule has 11 heteroatoms. The number of nitrogens with one attached hydrogen (secondary N) is 1. The van der Waals surface area contributed by atoms with E-state index in [0.717, 1.165) is 5.69 Å². The number of hydrogen-bond donors (Lipinski definition) is 1. The highest BCUT2D eigenvalue weighted by Gasteiger charge is 2.14. The van der Waals surface area contributed by atoms with Crippen molar-refractivity contribution in [3.8, 4) is 11.4 Å². The summed E-state index contributed by atoms with van der Waals surface area (Å²) in [5, 5.41) is 22.5. The van der Waals surface area contributed by atoms with Gasteiger partial charge in [0, 0.05) is 11.4 Å². The molecule has 0 saturated heterocycles. The van der Waals surface area contributed by atoms with Crippen LogP contribution >= 0.6 is 11.8 Å². The van der Waals surface area contributed by atoms with Crippen molar-refractivity contribution >= 4 is 23.4 Å². The molecule has 0 fully saturated rings. The van der Waals surface area contributed by atoms with Gasteiger partial charge in [-0.2, -0.15) is 4.68 Å². The summed E-state index contributed by atoms with van der Waals surface area (Å²) in [7, 11) is 0. The van der Waals surface area contributed by atoms with Gasteiger partial charge >= 0.3 is 0 Å². The monoisotopic (exact) mass is 452 g/mol. The first-order chi connectivity index (χ1) is 15.4. The van der Waals surface area contributed by atoms with Gasteiger partial charge in [0.25, 0.3) is 0 Å². The highest BCUT2D eigenvalue weighted by Crippen LogP contribution is 2.23. The number of benzene rings is 2. The lowest BCUT2D eigenvalue weighted by atomic mass is 10.0. The quantitative estimate of drug-likeness (QED) is 0.428. The van der Waals surface area contributed by atoms with E-state index in [2.05, 4.69) is 57.0 Å². The highest BCUT2D eigenvalue weighted by molar-refractivity contribution is 7.99. The Labute approximate surface area is 188 Å². The minimum atomic E-state index is -0.496. The van der Waals surface area contributed by atoms with Crippen LogP contribution in [0.3, 0.4) is 0 Å². The minimum absolute atomic E-state index is 0.111. The zero-order chi connectivity index (χ0) is 22.7. The fourth-order valence-corrected chi connectivity index (χ4v) is 3.78. The van der Waals surface area contributed by atoms with Crippen LogP contribution in [0.25, 0.3) is 11.4 Å². The molecule has 4 rings (SSSR count). The van der Waals surface area contributed by atoms with Crippen LogP contribution in [0.5, 0.6) is 0 Å². The maximum absolute atomic E-state index is 14.2. The minimum Gasteiger partial charge on any atom is -0.325 e. The van der Waals surface area contributed by atoms with Gasteiger partial charge in [-0.15, -0.1) is 15.3 Å². The normalized spacial score (nSPS) is 11.2. The Kier molecular flexibility index (Phi) is 6.26. The summed E-state index contributed by atoms with van der Waals surface area (Å²) in [5.74, 6) is 0.234. The Bertz CT molecular complexity index is 1230. The van der Waals surface area contributed by atoms with Gasteiger partial charge < -0.3 is 5.32 Å². The van der Waals surface area contributed by atoms with Crippen LogP contribution in [0.15, 0.2) is 53.9 Å². The van der Waals surface area contributed by atoms with Crippen molar-refractivity contribution in [3.63, 3.8) is 0 Å². The average Bonchev–Trinajstić information content (AvgIpc) is 3.42. The van der Waals surface area contributed by atoms with Gasteiger partial charge in [-0.05, 0) is 59.2 Å². The van der Waals surface area contributed by atoms with Gasteiger partial charge in [0.1, 0.15) is 17.8 Å². The number of rotatable bonds is 7. The number of aromatic nitrogens is 7. The molecule has 0 aliphatic rings. The van der Waals surface area contributed by atoms with Crippen molar-refractivity contribution in [2.75, 3.05) is 11.1 Å². The van der Waals surface area contributed by atoms with E-state index in [1.807, 2.05) is 16.7 Å². The zero-order valence-electron chi connectivity index (χ0n) is 17.7. The van der Waals surface area contributed by atoms with Crippen molar-refractivity contribution in [2.24, 2.45) is 0 Å². The van der Waals surface area contributed by atoms with Crippen LogP contribution in [0.1, 0.15) is 31.2 Å². The first-order valence-electron chi connectivity index (χ1n) is 9.90. The molecule has 0 bridgehead atoms. The summed E-state index contributed by atoms with van der Waals surface area (Å²) in [4.78, 5) is 12.5. The molecule has 4 aromatic rings. The molecule has 164 valence electrons.